The minimum absolute atomic E-state index is 0.229. The maximum absolute atomic E-state index is 6.12. The van der Waals surface area contributed by atoms with Crippen LogP contribution in [0.25, 0.3) is 0 Å². The van der Waals surface area contributed by atoms with E-state index in [1.165, 1.54) is 44.1 Å². The number of rotatable bonds is 4. The van der Waals surface area contributed by atoms with E-state index in [2.05, 4.69) is 42.3 Å². The molecule has 0 radical (unpaired) electrons. The third kappa shape index (κ3) is 3.12. The van der Waals surface area contributed by atoms with Gasteiger partial charge in [-0.1, -0.05) is 56.0 Å². The largest absolute Gasteiger partial charge is 0.329 e. The Morgan fingerprint density at radius 2 is 1.67 bits per heavy atom. The molecule has 0 spiro atoms. The average Bonchev–Trinajstić information content (AvgIpc) is 2.66. The predicted octanol–water partition coefficient (Wildman–Crippen LogP) is 3.17. The molecule has 1 aliphatic rings. The highest BCUT2D eigenvalue weighted by atomic mass is 15.2. The van der Waals surface area contributed by atoms with Crippen LogP contribution in [0.5, 0.6) is 0 Å². The molecule has 2 heteroatoms. The van der Waals surface area contributed by atoms with Crippen molar-refractivity contribution < 1.29 is 0 Å². The highest BCUT2D eigenvalue weighted by Crippen LogP contribution is 2.31. The molecule has 2 N–H and O–H groups in total. The molecule has 1 aromatic carbocycles. The smallest absolute Gasteiger partial charge is 0.0332 e. The predicted molar refractivity (Wildman–Crippen MR) is 77.4 cm³/mol. The van der Waals surface area contributed by atoms with Crippen molar-refractivity contribution in [3.05, 3.63) is 35.9 Å². The van der Waals surface area contributed by atoms with E-state index in [1.807, 2.05) is 0 Å². The van der Waals surface area contributed by atoms with E-state index in [1.54, 1.807) is 0 Å². The fraction of sp³-hybridized carbons (Fsp3) is 0.625. The van der Waals surface area contributed by atoms with Crippen LogP contribution >= 0.6 is 0 Å². The lowest BCUT2D eigenvalue weighted by Crippen LogP contribution is -2.51. The Kier molecular flexibility index (Phi) is 4.79. The second-order valence-electron chi connectivity index (χ2n) is 5.68. The molecule has 18 heavy (non-hydrogen) atoms. The SMILES string of the molecule is CN(Cc1ccccc1)C1(CN)CCCCCC1. The van der Waals surface area contributed by atoms with E-state index in [0.717, 1.165) is 13.1 Å². The maximum atomic E-state index is 6.12. The molecule has 0 bridgehead atoms. The van der Waals surface area contributed by atoms with Crippen LogP contribution in [0, 0.1) is 0 Å². The van der Waals surface area contributed by atoms with E-state index in [9.17, 15) is 0 Å². The summed E-state index contributed by atoms with van der Waals surface area (Å²) in [6.45, 7) is 1.80. The van der Waals surface area contributed by atoms with Crippen molar-refractivity contribution >= 4 is 0 Å². The highest BCUT2D eigenvalue weighted by Gasteiger charge is 2.33. The summed E-state index contributed by atoms with van der Waals surface area (Å²) < 4.78 is 0. The van der Waals surface area contributed by atoms with Crippen LogP contribution in [0.3, 0.4) is 0 Å². The molecule has 1 aliphatic carbocycles. The number of hydrogen-bond acceptors (Lipinski definition) is 2. The van der Waals surface area contributed by atoms with Crippen molar-refractivity contribution in [2.45, 2.75) is 50.6 Å². The van der Waals surface area contributed by atoms with Gasteiger partial charge in [0, 0.05) is 18.6 Å². The van der Waals surface area contributed by atoms with E-state index in [0.29, 0.717) is 0 Å². The van der Waals surface area contributed by atoms with Crippen LogP contribution in [0.2, 0.25) is 0 Å². The van der Waals surface area contributed by atoms with Gasteiger partial charge in [0.15, 0.2) is 0 Å². The van der Waals surface area contributed by atoms with Crippen molar-refractivity contribution in [3.63, 3.8) is 0 Å². The first-order valence-electron chi connectivity index (χ1n) is 7.22. The van der Waals surface area contributed by atoms with Gasteiger partial charge in [-0.05, 0) is 25.5 Å². The minimum Gasteiger partial charge on any atom is -0.329 e. The molecule has 0 heterocycles. The first-order valence-corrected chi connectivity index (χ1v) is 7.22. The second kappa shape index (κ2) is 6.35. The van der Waals surface area contributed by atoms with Gasteiger partial charge in [0.05, 0.1) is 0 Å². The summed E-state index contributed by atoms with van der Waals surface area (Å²) in [5, 5.41) is 0. The molecule has 0 amide bonds. The molecular weight excluding hydrogens is 220 g/mol. The summed E-state index contributed by atoms with van der Waals surface area (Å²) in [7, 11) is 2.24. The van der Waals surface area contributed by atoms with Crippen LogP contribution in [0.15, 0.2) is 30.3 Å². The molecule has 0 saturated heterocycles. The van der Waals surface area contributed by atoms with Crippen molar-refractivity contribution in [3.8, 4) is 0 Å². The summed E-state index contributed by atoms with van der Waals surface area (Å²) in [6, 6.07) is 10.7. The van der Waals surface area contributed by atoms with Gasteiger partial charge in [0.2, 0.25) is 0 Å². The van der Waals surface area contributed by atoms with Gasteiger partial charge in [-0.2, -0.15) is 0 Å². The Morgan fingerprint density at radius 1 is 1.06 bits per heavy atom. The summed E-state index contributed by atoms with van der Waals surface area (Å²) in [5.41, 5.74) is 7.74. The highest BCUT2D eigenvalue weighted by molar-refractivity contribution is 5.15. The number of hydrogen-bond donors (Lipinski definition) is 1. The van der Waals surface area contributed by atoms with E-state index < -0.39 is 0 Å². The maximum Gasteiger partial charge on any atom is 0.0332 e. The first-order chi connectivity index (χ1) is 8.77. The zero-order valence-electron chi connectivity index (χ0n) is 11.6. The van der Waals surface area contributed by atoms with Gasteiger partial charge in [-0.25, -0.2) is 0 Å². The molecular formula is C16H26N2. The Balaban J connectivity index is 2.06. The van der Waals surface area contributed by atoms with E-state index in [-0.39, 0.29) is 5.54 Å². The van der Waals surface area contributed by atoms with Gasteiger partial charge in [-0.3, -0.25) is 4.90 Å². The molecule has 1 aromatic rings. The number of nitrogens with zero attached hydrogens (tertiary/aromatic N) is 1. The first kappa shape index (κ1) is 13.6. The molecule has 0 atom stereocenters. The average molecular weight is 246 g/mol. The Bertz CT molecular complexity index is 339. The number of likely N-dealkylation sites (N-methyl/N-ethyl adjacent to an activating group) is 1. The monoisotopic (exact) mass is 246 g/mol. The Morgan fingerprint density at radius 3 is 2.22 bits per heavy atom. The Labute approximate surface area is 111 Å². The lowest BCUT2D eigenvalue weighted by Gasteiger charge is -2.41. The molecule has 0 unspecified atom stereocenters. The molecule has 100 valence electrons. The standard InChI is InChI=1S/C16H26N2/c1-18(13-15-9-5-4-6-10-15)16(14-17)11-7-2-3-8-12-16/h4-6,9-10H,2-3,7-8,11-14,17H2,1H3. The quantitative estimate of drug-likeness (QED) is 0.827. The topological polar surface area (TPSA) is 29.3 Å². The summed E-state index contributed by atoms with van der Waals surface area (Å²) in [4.78, 5) is 2.49. The fourth-order valence-electron chi connectivity index (χ4n) is 3.15. The lowest BCUT2D eigenvalue weighted by molar-refractivity contribution is 0.0997. The molecule has 1 fully saturated rings. The van der Waals surface area contributed by atoms with Crippen molar-refractivity contribution in [1.29, 1.82) is 0 Å². The fourth-order valence-corrected chi connectivity index (χ4v) is 3.15. The lowest BCUT2D eigenvalue weighted by atomic mass is 9.88. The molecule has 0 aromatic heterocycles. The number of nitrogens with two attached hydrogens (primary N) is 1. The van der Waals surface area contributed by atoms with E-state index in [4.69, 9.17) is 5.73 Å². The minimum atomic E-state index is 0.229. The zero-order valence-corrected chi connectivity index (χ0v) is 11.6. The van der Waals surface area contributed by atoms with Crippen LogP contribution in [-0.2, 0) is 6.54 Å². The third-order valence-electron chi connectivity index (χ3n) is 4.49. The van der Waals surface area contributed by atoms with Crippen molar-refractivity contribution in [2.24, 2.45) is 5.73 Å². The molecule has 0 aliphatic heterocycles. The van der Waals surface area contributed by atoms with Gasteiger partial charge in [-0.15, -0.1) is 0 Å². The van der Waals surface area contributed by atoms with Crippen molar-refractivity contribution in [2.75, 3.05) is 13.6 Å². The summed E-state index contributed by atoms with van der Waals surface area (Å²) in [6.07, 6.45) is 7.92. The van der Waals surface area contributed by atoms with Gasteiger partial charge >= 0.3 is 0 Å². The normalized spacial score (nSPS) is 19.7. The van der Waals surface area contributed by atoms with Crippen molar-refractivity contribution in [1.82, 2.24) is 4.90 Å². The molecule has 2 nitrogen and oxygen atoms in total. The van der Waals surface area contributed by atoms with E-state index >= 15 is 0 Å². The van der Waals surface area contributed by atoms with Gasteiger partial charge in [0.1, 0.15) is 0 Å². The molecule has 2 rings (SSSR count). The third-order valence-corrected chi connectivity index (χ3v) is 4.49. The van der Waals surface area contributed by atoms with Crippen LogP contribution in [0.4, 0.5) is 0 Å². The van der Waals surface area contributed by atoms with Crippen LogP contribution < -0.4 is 5.73 Å². The van der Waals surface area contributed by atoms with Gasteiger partial charge in [0.25, 0.3) is 0 Å². The number of benzene rings is 1. The summed E-state index contributed by atoms with van der Waals surface area (Å²) >= 11 is 0. The van der Waals surface area contributed by atoms with Gasteiger partial charge < -0.3 is 5.73 Å². The summed E-state index contributed by atoms with van der Waals surface area (Å²) in [5.74, 6) is 0. The Hall–Kier alpha value is -0.860. The van der Waals surface area contributed by atoms with Crippen LogP contribution in [-0.4, -0.2) is 24.0 Å². The zero-order chi connectivity index (χ0) is 12.8. The van der Waals surface area contributed by atoms with Crippen LogP contribution in [0.1, 0.15) is 44.1 Å². The second-order valence-corrected chi connectivity index (χ2v) is 5.68. The molecule has 1 saturated carbocycles.